The molecule has 3 aromatic heterocycles. The van der Waals surface area contributed by atoms with Crippen LogP contribution in [-0.4, -0.2) is 62.6 Å². The number of rotatable bonds is 5. The van der Waals surface area contributed by atoms with Gasteiger partial charge in [-0.1, -0.05) is 17.8 Å². The van der Waals surface area contributed by atoms with Crippen LogP contribution in [0.1, 0.15) is 11.1 Å². The van der Waals surface area contributed by atoms with Gasteiger partial charge in [0.05, 0.1) is 35.2 Å². The van der Waals surface area contributed by atoms with Crippen molar-refractivity contribution in [3.8, 4) is 16.4 Å². The number of ether oxygens (including phenoxy) is 1. The fourth-order valence-electron chi connectivity index (χ4n) is 3.76. The maximum absolute atomic E-state index is 12.7. The molecule has 5 rings (SSSR count). The van der Waals surface area contributed by atoms with Crippen molar-refractivity contribution in [2.45, 2.75) is 19.0 Å². The van der Waals surface area contributed by atoms with Gasteiger partial charge in [0.2, 0.25) is 5.91 Å². The number of pyridine rings is 1. The second-order valence-corrected chi connectivity index (χ2v) is 9.83. The third-order valence-electron chi connectivity index (χ3n) is 5.78. The first-order valence-corrected chi connectivity index (χ1v) is 12.5. The molecular formula is C23H24N6O2S2. The predicted octanol–water partition coefficient (Wildman–Crippen LogP) is 3.69. The Morgan fingerprint density at radius 2 is 2.00 bits per heavy atom. The molecule has 0 atom stereocenters. The molecule has 4 heterocycles. The minimum atomic E-state index is 0.0741. The van der Waals surface area contributed by atoms with Gasteiger partial charge >= 0.3 is 0 Å². The molecular weight excluding hydrogens is 456 g/mol. The standard InChI is InChI=1S/C23H24N6O2S2/c1-14-5-6-16(12-15(14)2)29-21(20-19(24)17-4-3-7-25-22(17)33-20)26-27-23(29)32-13-18(30)28-8-10-31-11-9-28/h3-7,12H,8-11,13,24H2,1-2H3. The van der Waals surface area contributed by atoms with Gasteiger partial charge in [0.15, 0.2) is 11.0 Å². The number of aryl methyl sites for hydroxylation is 2. The lowest BCUT2D eigenvalue weighted by molar-refractivity contribution is -0.132. The molecule has 0 saturated carbocycles. The molecule has 0 unspecified atom stereocenters. The van der Waals surface area contributed by atoms with Crippen LogP contribution in [0, 0.1) is 13.8 Å². The Hall–Kier alpha value is -2.95. The summed E-state index contributed by atoms with van der Waals surface area (Å²) in [5.41, 5.74) is 10.5. The zero-order chi connectivity index (χ0) is 22.9. The summed E-state index contributed by atoms with van der Waals surface area (Å²) in [5.74, 6) is 1.01. The third kappa shape index (κ3) is 4.21. The monoisotopic (exact) mass is 480 g/mol. The van der Waals surface area contributed by atoms with E-state index in [0.717, 1.165) is 20.8 Å². The highest BCUT2D eigenvalue weighted by atomic mass is 32.2. The van der Waals surface area contributed by atoms with E-state index in [0.29, 0.717) is 43.0 Å². The van der Waals surface area contributed by atoms with Gasteiger partial charge < -0.3 is 15.4 Å². The van der Waals surface area contributed by atoms with E-state index in [1.165, 1.54) is 34.2 Å². The number of thiophene rings is 1. The Labute approximate surface area is 199 Å². The number of benzene rings is 1. The average molecular weight is 481 g/mol. The van der Waals surface area contributed by atoms with Gasteiger partial charge in [-0.2, -0.15) is 0 Å². The van der Waals surface area contributed by atoms with Gasteiger partial charge in [0.1, 0.15) is 4.83 Å². The molecule has 1 saturated heterocycles. The minimum Gasteiger partial charge on any atom is -0.397 e. The molecule has 4 aromatic rings. The van der Waals surface area contributed by atoms with Gasteiger partial charge in [0, 0.05) is 24.7 Å². The molecule has 1 amide bonds. The van der Waals surface area contributed by atoms with Gasteiger partial charge in [-0.15, -0.1) is 21.5 Å². The topological polar surface area (TPSA) is 99.2 Å². The SMILES string of the molecule is Cc1ccc(-n2c(SCC(=O)N3CCOCC3)nnc2-c2sc3ncccc3c2N)cc1C. The molecule has 1 fully saturated rings. The Balaban J connectivity index is 1.55. The predicted molar refractivity (Wildman–Crippen MR) is 132 cm³/mol. The van der Waals surface area contributed by atoms with E-state index in [-0.39, 0.29) is 11.7 Å². The van der Waals surface area contributed by atoms with Crippen molar-refractivity contribution in [3.63, 3.8) is 0 Å². The second kappa shape index (κ2) is 9.12. The Morgan fingerprint density at radius 1 is 1.18 bits per heavy atom. The number of nitrogens with zero attached hydrogens (tertiary/aromatic N) is 5. The number of morpholine rings is 1. The lowest BCUT2D eigenvalue weighted by atomic mass is 10.1. The molecule has 1 aromatic carbocycles. The summed E-state index contributed by atoms with van der Waals surface area (Å²) < 4.78 is 7.35. The number of amides is 1. The minimum absolute atomic E-state index is 0.0741. The van der Waals surface area contributed by atoms with E-state index in [1.54, 1.807) is 6.20 Å². The smallest absolute Gasteiger partial charge is 0.233 e. The number of fused-ring (bicyclic) bond motifs is 1. The van der Waals surface area contributed by atoms with E-state index in [9.17, 15) is 4.79 Å². The Morgan fingerprint density at radius 3 is 2.76 bits per heavy atom. The summed E-state index contributed by atoms with van der Waals surface area (Å²) in [5, 5.41) is 10.5. The van der Waals surface area contributed by atoms with Crippen LogP contribution in [0.4, 0.5) is 5.69 Å². The Bertz CT molecular complexity index is 1330. The molecule has 1 aliphatic rings. The molecule has 0 aliphatic carbocycles. The largest absolute Gasteiger partial charge is 0.397 e. The zero-order valence-corrected chi connectivity index (χ0v) is 20.1. The summed E-state index contributed by atoms with van der Waals surface area (Å²) >= 11 is 2.88. The van der Waals surface area contributed by atoms with Crippen LogP contribution in [-0.2, 0) is 9.53 Å². The molecule has 8 nitrogen and oxygen atoms in total. The van der Waals surface area contributed by atoms with Gasteiger partial charge in [-0.25, -0.2) is 4.98 Å². The fourth-order valence-corrected chi connectivity index (χ4v) is 5.65. The van der Waals surface area contributed by atoms with Crippen LogP contribution in [0.2, 0.25) is 0 Å². The van der Waals surface area contributed by atoms with Gasteiger partial charge in [-0.3, -0.25) is 9.36 Å². The van der Waals surface area contributed by atoms with E-state index in [4.69, 9.17) is 10.5 Å². The summed E-state index contributed by atoms with van der Waals surface area (Å²) in [6.45, 7) is 6.57. The molecule has 2 N–H and O–H groups in total. The number of carbonyl (C=O) groups excluding carboxylic acids is 1. The number of hydrogen-bond donors (Lipinski definition) is 1. The van der Waals surface area contributed by atoms with Crippen molar-refractivity contribution in [1.29, 1.82) is 0 Å². The molecule has 1 aliphatic heterocycles. The maximum Gasteiger partial charge on any atom is 0.233 e. The van der Waals surface area contributed by atoms with E-state index < -0.39 is 0 Å². The number of anilines is 1. The quantitative estimate of drug-likeness (QED) is 0.435. The zero-order valence-electron chi connectivity index (χ0n) is 18.4. The molecule has 0 radical (unpaired) electrons. The van der Waals surface area contributed by atoms with Gasteiger partial charge in [0.25, 0.3) is 0 Å². The van der Waals surface area contributed by atoms with Crippen LogP contribution in [0.15, 0.2) is 41.7 Å². The number of carbonyl (C=O) groups is 1. The van der Waals surface area contributed by atoms with Gasteiger partial charge in [-0.05, 0) is 49.2 Å². The van der Waals surface area contributed by atoms with Crippen molar-refractivity contribution in [2.75, 3.05) is 37.8 Å². The first kappa shape index (κ1) is 21.9. The molecule has 0 bridgehead atoms. The number of aromatic nitrogens is 4. The molecule has 170 valence electrons. The number of hydrogen-bond acceptors (Lipinski definition) is 8. The summed E-state index contributed by atoms with van der Waals surface area (Å²) in [6, 6.07) is 10.1. The molecule has 0 spiro atoms. The van der Waals surface area contributed by atoms with Crippen LogP contribution in [0.25, 0.3) is 26.6 Å². The van der Waals surface area contributed by atoms with Crippen molar-refractivity contribution >= 4 is 44.9 Å². The second-order valence-electron chi connectivity index (χ2n) is 7.89. The van der Waals surface area contributed by atoms with Crippen LogP contribution in [0.5, 0.6) is 0 Å². The molecule has 33 heavy (non-hydrogen) atoms. The summed E-state index contributed by atoms with van der Waals surface area (Å²) in [4.78, 5) is 20.7. The lowest BCUT2D eigenvalue weighted by Crippen LogP contribution is -2.41. The lowest BCUT2D eigenvalue weighted by Gasteiger charge is -2.26. The van der Waals surface area contributed by atoms with Crippen molar-refractivity contribution < 1.29 is 9.53 Å². The normalized spacial score (nSPS) is 14.2. The average Bonchev–Trinajstić information content (AvgIpc) is 3.41. The third-order valence-corrected chi connectivity index (χ3v) is 7.82. The first-order valence-electron chi connectivity index (χ1n) is 10.7. The van der Waals surface area contributed by atoms with Crippen LogP contribution >= 0.6 is 23.1 Å². The molecule has 10 heteroatoms. The number of thioether (sulfide) groups is 1. The highest BCUT2D eigenvalue weighted by Gasteiger charge is 2.24. The number of nitrogens with two attached hydrogens (primary N) is 1. The van der Waals surface area contributed by atoms with E-state index in [2.05, 4.69) is 41.2 Å². The van der Waals surface area contributed by atoms with E-state index in [1.807, 2.05) is 27.7 Å². The van der Waals surface area contributed by atoms with Crippen LogP contribution in [0.3, 0.4) is 0 Å². The highest BCUT2D eigenvalue weighted by Crippen LogP contribution is 2.41. The number of nitrogen functional groups attached to an aromatic ring is 1. The highest BCUT2D eigenvalue weighted by molar-refractivity contribution is 7.99. The summed E-state index contributed by atoms with van der Waals surface area (Å²) in [6.07, 6.45) is 1.76. The van der Waals surface area contributed by atoms with Crippen molar-refractivity contribution in [3.05, 3.63) is 47.7 Å². The fraction of sp³-hybridized carbons (Fsp3) is 0.304. The maximum atomic E-state index is 12.7. The van der Waals surface area contributed by atoms with Crippen molar-refractivity contribution in [1.82, 2.24) is 24.6 Å². The van der Waals surface area contributed by atoms with Crippen LogP contribution < -0.4 is 5.73 Å². The Kier molecular flexibility index (Phi) is 6.05. The van der Waals surface area contributed by atoms with Crippen molar-refractivity contribution in [2.24, 2.45) is 0 Å². The first-order chi connectivity index (χ1) is 16.0. The van der Waals surface area contributed by atoms with E-state index >= 15 is 0 Å². The summed E-state index contributed by atoms with van der Waals surface area (Å²) in [7, 11) is 0.